The van der Waals surface area contributed by atoms with Crippen molar-refractivity contribution in [2.45, 2.75) is 32.9 Å². The summed E-state index contributed by atoms with van der Waals surface area (Å²) in [6.45, 7) is 5.27. The monoisotopic (exact) mass is 259 g/mol. The molecular formula is C14H21N5. The summed E-state index contributed by atoms with van der Waals surface area (Å²) in [5.41, 5.74) is 1.22. The van der Waals surface area contributed by atoms with Crippen LogP contribution in [0.5, 0.6) is 0 Å². The molecule has 0 amide bonds. The van der Waals surface area contributed by atoms with E-state index in [2.05, 4.69) is 34.2 Å². The van der Waals surface area contributed by atoms with E-state index in [0.717, 1.165) is 18.8 Å². The number of nitrogens with zero attached hydrogens (tertiary/aromatic N) is 4. The van der Waals surface area contributed by atoms with Crippen LogP contribution in [0.25, 0.3) is 0 Å². The van der Waals surface area contributed by atoms with Crippen LogP contribution in [0, 0.1) is 5.92 Å². The van der Waals surface area contributed by atoms with Gasteiger partial charge in [0.05, 0.1) is 0 Å². The molecule has 19 heavy (non-hydrogen) atoms. The van der Waals surface area contributed by atoms with Gasteiger partial charge in [-0.3, -0.25) is 4.98 Å². The van der Waals surface area contributed by atoms with Gasteiger partial charge in [0.1, 0.15) is 12.2 Å². The number of nitrogens with one attached hydrogen (secondary N) is 1. The van der Waals surface area contributed by atoms with Gasteiger partial charge in [-0.2, -0.15) is 5.10 Å². The van der Waals surface area contributed by atoms with Crippen molar-refractivity contribution in [1.82, 2.24) is 25.1 Å². The lowest BCUT2D eigenvalue weighted by molar-refractivity contribution is 0.451. The molecule has 5 heteroatoms. The Hall–Kier alpha value is -1.75. The molecule has 0 aliphatic carbocycles. The molecule has 0 bridgehead atoms. The van der Waals surface area contributed by atoms with Gasteiger partial charge in [-0.1, -0.05) is 13.8 Å². The molecule has 1 unspecified atom stereocenters. The zero-order chi connectivity index (χ0) is 13.7. The van der Waals surface area contributed by atoms with Crippen LogP contribution in [0.2, 0.25) is 0 Å². The Morgan fingerprint density at radius 2 is 2.00 bits per heavy atom. The molecule has 2 aromatic heterocycles. The van der Waals surface area contributed by atoms with Gasteiger partial charge in [0.15, 0.2) is 0 Å². The van der Waals surface area contributed by atoms with Crippen LogP contribution in [-0.4, -0.2) is 26.8 Å². The Bertz CT molecular complexity index is 492. The molecule has 0 saturated heterocycles. The van der Waals surface area contributed by atoms with E-state index in [1.807, 2.05) is 36.3 Å². The van der Waals surface area contributed by atoms with Crippen molar-refractivity contribution in [3.05, 3.63) is 42.2 Å². The number of hydrogen-bond donors (Lipinski definition) is 1. The van der Waals surface area contributed by atoms with E-state index in [4.69, 9.17) is 0 Å². The molecule has 0 radical (unpaired) electrons. The molecule has 0 aromatic carbocycles. The Labute approximate surface area is 114 Å². The third kappa shape index (κ3) is 3.61. The molecule has 0 saturated carbocycles. The van der Waals surface area contributed by atoms with Crippen molar-refractivity contribution in [2.75, 3.05) is 7.05 Å². The van der Waals surface area contributed by atoms with Crippen molar-refractivity contribution in [3.63, 3.8) is 0 Å². The lowest BCUT2D eigenvalue weighted by atomic mass is 10.1. The maximum Gasteiger partial charge on any atom is 0.138 e. The van der Waals surface area contributed by atoms with Crippen molar-refractivity contribution in [3.8, 4) is 0 Å². The summed E-state index contributed by atoms with van der Waals surface area (Å²) < 4.78 is 2.00. The Balaban J connectivity index is 2.13. The number of hydrogen-bond acceptors (Lipinski definition) is 4. The fourth-order valence-corrected chi connectivity index (χ4v) is 2.11. The summed E-state index contributed by atoms with van der Waals surface area (Å²) in [5, 5.41) is 7.63. The summed E-state index contributed by atoms with van der Waals surface area (Å²) in [5.74, 6) is 1.58. The van der Waals surface area contributed by atoms with E-state index < -0.39 is 0 Å². The van der Waals surface area contributed by atoms with Gasteiger partial charge in [-0.25, -0.2) is 9.67 Å². The van der Waals surface area contributed by atoms with Crippen LogP contribution in [0.1, 0.15) is 31.3 Å². The second kappa shape index (κ2) is 6.43. The highest BCUT2D eigenvalue weighted by molar-refractivity contribution is 5.16. The zero-order valence-corrected chi connectivity index (χ0v) is 11.7. The fourth-order valence-electron chi connectivity index (χ4n) is 2.11. The van der Waals surface area contributed by atoms with Gasteiger partial charge >= 0.3 is 0 Å². The summed E-state index contributed by atoms with van der Waals surface area (Å²) in [6.07, 6.45) is 6.10. The molecule has 0 aliphatic rings. The van der Waals surface area contributed by atoms with Gasteiger partial charge in [0, 0.05) is 31.4 Å². The van der Waals surface area contributed by atoms with E-state index in [1.54, 1.807) is 6.33 Å². The fraction of sp³-hybridized carbons (Fsp3) is 0.500. The Morgan fingerprint density at radius 1 is 1.26 bits per heavy atom. The summed E-state index contributed by atoms with van der Waals surface area (Å²) in [4.78, 5) is 8.43. The van der Waals surface area contributed by atoms with Gasteiger partial charge < -0.3 is 5.32 Å². The van der Waals surface area contributed by atoms with Crippen LogP contribution in [0.3, 0.4) is 0 Å². The molecule has 2 heterocycles. The summed E-state index contributed by atoms with van der Waals surface area (Å²) in [7, 11) is 1.97. The molecular weight excluding hydrogens is 238 g/mol. The van der Waals surface area contributed by atoms with E-state index in [1.165, 1.54) is 5.56 Å². The van der Waals surface area contributed by atoms with Gasteiger partial charge in [0.25, 0.3) is 0 Å². The third-order valence-electron chi connectivity index (χ3n) is 3.08. The topological polar surface area (TPSA) is 55.6 Å². The first-order valence-corrected chi connectivity index (χ1v) is 6.64. The number of aromatic nitrogens is 4. The first-order valence-electron chi connectivity index (χ1n) is 6.64. The first kappa shape index (κ1) is 13.7. The van der Waals surface area contributed by atoms with E-state index in [0.29, 0.717) is 5.92 Å². The molecule has 0 aliphatic heterocycles. The van der Waals surface area contributed by atoms with Gasteiger partial charge in [0.2, 0.25) is 0 Å². The van der Waals surface area contributed by atoms with Crippen LogP contribution >= 0.6 is 0 Å². The highest BCUT2D eigenvalue weighted by Crippen LogP contribution is 2.16. The largest absolute Gasteiger partial charge is 0.313 e. The first-order chi connectivity index (χ1) is 9.20. The van der Waals surface area contributed by atoms with E-state index >= 15 is 0 Å². The lowest BCUT2D eigenvalue weighted by Gasteiger charge is -2.17. The van der Waals surface area contributed by atoms with Crippen LogP contribution < -0.4 is 5.32 Å². The van der Waals surface area contributed by atoms with Crippen LogP contribution in [0.4, 0.5) is 0 Å². The predicted molar refractivity (Wildman–Crippen MR) is 74.6 cm³/mol. The van der Waals surface area contributed by atoms with Gasteiger partial charge in [-0.05, 0) is 30.7 Å². The van der Waals surface area contributed by atoms with Crippen LogP contribution in [0.15, 0.2) is 30.9 Å². The molecule has 2 rings (SSSR count). The molecule has 102 valence electrons. The SMILES string of the molecule is CNC(Cc1ncnn1CC(C)C)c1ccncc1. The number of rotatable bonds is 6. The second-order valence-electron chi connectivity index (χ2n) is 5.08. The van der Waals surface area contributed by atoms with Crippen molar-refractivity contribution >= 4 is 0 Å². The lowest BCUT2D eigenvalue weighted by Crippen LogP contribution is -2.21. The molecule has 5 nitrogen and oxygen atoms in total. The van der Waals surface area contributed by atoms with Crippen molar-refractivity contribution in [2.24, 2.45) is 5.92 Å². The molecule has 0 spiro atoms. The second-order valence-corrected chi connectivity index (χ2v) is 5.08. The molecule has 1 atom stereocenters. The molecule has 1 N–H and O–H groups in total. The minimum atomic E-state index is 0.234. The minimum absolute atomic E-state index is 0.234. The summed E-state index contributed by atoms with van der Waals surface area (Å²) >= 11 is 0. The smallest absolute Gasteiger partial charge is 0.138 e. The average molecular weight is 259 g/mol. The summed E-state index contributed by atoms with van der Waals surface area (Å²) in [6, 6.07) is 4.30. The predicted octanol–water partition coefficient (Wildman–Crippen LogP) is 1.83. The minimum Gasteiger partial charge on any atom is -0.313 e. The zero-order valence-electron chi connectivity index (χ0n) is 11.7. The van der Waals surface area contributed by atoms with Crippen molar-refractivity contribution < 1.29 is 0 Å². The Morgan fingerprint density at radius 3 is 2.63 bits per heavy atom. The highest BCUT2D eigenvalue weighted by atomic mass is 15.3. The Kier molecular flexibility index (Phi) is 4.63. The maximum atomic E-state index is 4.38. The maximum absolute atomic E-state index is 4.38. The quantitative estimate of drug-likeness (QED) is 0.860. The molecule has 2 aromatic rings. The van der Waals surface area contributed by atoms with Crippen LogP contribution in [-0.2, 0) is 13.0 Å². The number of likely N-dealkylation sites (N-methyl/N-ethyl adjacent to an activating group) is 1. The number of pyridine rings is 1. The van der Waals surface area contributed by atoms with E-state index in [9.17, 15) is 0 Å². The van der Waals surface area contributed by atoms with Gasteiger partial charge in [-0.15, -0.1) is 0 Å². The average Bonchev–Trinajstić information content (AvgIpc) is 2.83. The standard InChI is InChI=1S/C14H21N5/c1-11(2)9-19-14(17-10-18-19)8-13(15-3)12-4-6-16-7-5-12/h4-7,10-11,13,15H,8-9H2,1-3H3. The van der Waals surface area contributed by atoms with E-state index in [-0.39, 0.29) is 6.04 Å². The highest BCUT2D eigenvalue weighted by Gasteiger charge is 2.14. The molecule has 0 fully saturated rings. The third-order valence-corrected chi connectivity index (χ3v) is 3.08. The van der Waals surface area contributed by atoms with Crippen molar-refractivity contribution in [1.29, 1.82) is 0 Å². The normalized spacial score (nSPS) is 12.8.